The zero-order chi connectivity index (χ0) is 27.2. The maximum absolute atomic E-state index is 11.8. The first kappa shape index (κ1) is 35.6. The van der Waals surface area contributed by atoms with E-state index in [4.69, 9.17) is 9.47 Å². The van der Waals surface area contributed by atoms with Crippen molar-refractivity contribution in [2.45, 2.75) is 168 Å². The highest BCUT2D eigenvalue weighted by Crippen LogP contribution is 2.13. The number of carbonyl (C=O) groups is 2. The second-order valence-electron chi connectivity index (χ2n) is 10.6. The van der Waals surface area contributed by atoms with Crippen molar-refractivity contribution in [3.05, 3.63) is 12.2 Å². The molecule has 0 aliphatic heterocycles. The quantitative estimate of drug-likeness (QED) is 0.0628. The molecule has 0 radical (unpaired) electrons. The van der Waals surface area contributed by atoms with Crippen molar-refractivity contribution in [2.75, 3.05) is 13.2 Å². The van der Waals surface area contributed by atoms with Crippen LogP contribution in [-0.2, 0) is 19.1 Å². The number of rotatable bonds is 28. The van der Waals surface area contributed by atoms with Crippen LogP contribution in [0.2, 0.25) is 0 Å². The van der Waals surface area contributed by atoms with E-state index >= 15 is 0 Å². The molecule has 0 aromatic heterocycles. The molecular formula is C32H60O5. The molecule has 0 bridgehead atoms. The molecule has 37 heavy (non-hydrogen) atoms. The molecule has 0 aliphatic rings. The van der Waals surface area contributed by atoms with E-state index in [0.717, 1.165) is 38.5 Å². The van der Waals surface area contributed by atoms with Gasteiger partial charge in [-0.1, -0.05) is 129 Å². The number of allylic oxidation sites excluding steroid dienone is 2. The Morgan fingerprint density at radius 2 is 0.892 bits per heavy atom. The summed E-state index contributed by atoms with van der Waals surface area (Å²) in [7, 11) is 0. The van der Waals surface area contributed by atoms with Crippen molar-refractivity contribution >= 4 is 11.9 Å². The number of aliphatic hydroxyl groups is 1. The van der Waals surface area contributed by atoms with Gasteiger partial charge in [0, 0.05) is 12.8 Å². The Kier molecular flexibility index (Phi) is 28.1. The van der Waals surface area contributed by atoms with E-state index in [1.807, 2.05) is 0 Å². The van der Waals surface area contributed by atoms with E-state index < -0.39 is 6.10 Å². The maximum Gasteiger partial charge on any atom is 0.305 e. The van der Waals surface area contributed by atoms with Crippen LogP contribution >= 0.6 is 0 Å². The van der Waals surface area contributed by atoms with Gasteiger partial charge in [-0.2, -0.15) is 0 Å². The van der Waals surface area contributed by atoms with Crippen molar-refractivity contribution in [1.82, 2.24) is 0 Å². The minimum atomic E-state index is -0.966. The van der Waals surface area contributed by atoms with E-state index in [1.165, 1.54) is 96.3 Å². The molecule has 0 aromatic rings. The summed E-state index contributed by atoms with van der Waals surface area (Å²) >= 11 is 0. The monoisotopic (exact) mass is 524 g/mol. The Morgan fingerprint density at radius 1 is 0.541 bits per heavy atom. The van der Waals surface area contributed by atoms with Gasteiger partial charge in [0.05, 0.1) is 0 Å². The largest absolute Gasteiger partial charge is 0.463 e. The highest BCUT2D eigenvalue weighted by Gasteiger charge is 2.11. The molecule has 0 fully saturated rings. The molecule has 0 amide bonds. The van der Waals surface area contributed by atoms with Crippen molar-refractivity contribution in [2.24, 2.45) is 0 Å². The first-order valence-electron chi connectivity index (χ1n) is 15.7. The normalized spacial score (nSPS) is 12.2. The summed E-state index contributed by atoms with van der Waals surface area (Å²) in [6, 6.07) is 0. The Hall–Kier alpha value is -1.36. The summed E-state index contributed by atoms with van der Waals surface area (Å²) < 4.78 is 10.2. The van der Waals surface area contributed by atoms with Crippen LogP contribution in [0.15, 0.2) is 12.2 Å². The molecule has 1 atom stereocenters. The number of unbranched alkanes of at least 4 members (excludes halogenated alkanes) is 18. The Balaban J connectivity index is 3.47. The minimum absolute atomic E-state index is 0.119. The number of aliphatic hydroxyl groups excluding tert-OH is 1. The second kappa shape index (κ2) is 29.2. The van der Waals surface area contributed by atoms with Crippen molar-refractivity contribution < 1.29 is 24.2 Å². The molecule has 1 N–H and O–H groups in total. The average Bonchev–Trinajstić information content (AvgIpc) is 2.90. The van der Waals surface area contributed by atoms with Gasteiger partial charge in [0.15, 0.2) is 0 Å². The predicted octanol–water partition coefficient (Wildman–Crippen LogP) is 9.00. The predicted molar refractivity (Wildman–Crippen MR) is 155 cm³/mol. The summed E-state index contributed by atoms with van der Waals surface area (Å²) in [5.41, 5.74) is 0. The third-order valence-electron chi connectivity index (χ3n) is 6.75. The summed E-state index contributed by atoms with van der Waals surface area (Å²) in [5.74, 6) is -0.601. The lowest BCUT2D eigenvalue weighted by Crippen LogP contribution is -2.25. The molecule has 0 aromatic carbocycles. The molecule has 0 aliphatic carbocycles. The number of hydrogen-bond acceptors (Lipinski definition) is 5. The fourth-order valence-corrected chi connectivity index (χ4v) is 4.32. The standard InChI is InChI=1S/C32H60O5/c1-3-5-7-9-11-13-15-17-19-21-23-25-27-32(35)37-29-30(33)28-36-31(34)26-24-22-20-18-16-14-12-10-8-6-4-2/h18,20,30,33H,3-17,19,21-29H2,1-2H3/b20-18-/t30-/m0/s1. The van der Waals surface area contributed by atoms with Crippen LogP contribution in [0.4, 0.5) is 0 Å². The third kappa shape index (κ3) is 29.1. The van der Waals surface area contributed by atoms with Crippen LogP contribution in [0.5, 0.6) is 0 Å². The molecule has 0 rings (SSSR count). The minimum Gasteiger partial charge on any atom is -0.463 e. The third-order valence-corrected chi connectivity index (χ3v) is 6.75. The van der Waals surface area contributed by atoms with Gasteiger partial charge in [-0.25, -0.2) is 0 Å². The lowest BCUT2D eigenvalue weighted by Gasteiger charge is -2.12. The van der Waals surface area contributed by atoms with Crippen LogP contribution in [0.1, 0.15) is 162 Å². The number of hydrogen-bond donors (Lipinski definition) is 1. The van der Waals surface area contributed by atoms with Gasteiger partial charge in [-0.15, -0.1) is 0 Å². The smallest absolute Gasteiger partial charge is 0.305 e. The van der Waals surface area contributed by atoms with Gasteiger partial charge < -0.3 is 14.6 Å². The summed E-state index contributed by atoms with van der Waals surface area (Å²) in [5, 5.41) is 9.91. The Morgan fingerprint density at radius 3 is 1.35 bits per heavy atom. The van der Waals surface area contributed by atoms with Gasteiger partial charge in [0.1, 0.15) is 19.3 Å². The highest BCUT2D eigenvalue weighted by atomic mass is 16.6. The van der Waals surface area contributed by atoms with Crippen LogP contribution in [-0.4, -0.2) is 36.4 Å². The molecule has 0 spiro atoms. The van der Waals surface area contributed by atoms with Crippen LogP contribution in [0.25, 0.3) is 0 Å². The van der Waals surface area contributed by atoms with E-state index in [1.54, 1.807) is 0 Å². The zero-order valence-electron chi connectivity index (χ0n) is 24.5. The van der Waals surface area contributed by atoms with Gasteiger partial charge in [-0.3, -0.25) is 9.59 Å². The maximum atomic E-state index is 11.8. The van der Waals surface area contributed by atoms with E-state index in [9.17, 15) is 14.7 Å². The van der Waals surface area contributed by atoms with Crippen LogP contribution in [0, 0.1) is 0 Å². The molecule has 5 nitrogen and oxygen atoms in total. The summed E-state index contributed by atoms with van der Waals surface area (Å²) in [6.07, 6.45) is 29.7. The molecule has 0 heterocycles. The van der Waals surface area contributed by atoms with Gasteiger partial charge in [0.2, 0.25) is 0 Å². The van der Waals surface area contributed by atoms with Crippen molar-refractivity contribution in [3.8, 4) is 0 Å². The van der Waals surface area contributed by atoms with E-state index in [2.05, 4.69) is 26.0 Å². The summed E-state index contributed by atoms with van der Waals surface area (Å²) in [6.45, 7) is 4.24. The molecule has 0 unspecified atom stereocenters. The SMILES string of the molecule is CCCCCCCC/C=C\CCCC(=O)OC[C@H](O)COC(=O)CCCCCCCCCCCCCC. The van der Waals surface area contributed by atoms with Crippen LogP contribution < -0.4 is 0 Å². The topological polar surface area (TPSA) is 72.8 Å². The van der Waals surface area contributed by atoms with Gasteiger partial charge in [0.25, 0.3) is 0 Å². The van der Waals surface area contributed by atoms with E-state index in [0.29, 0.717) is 12.8 Å². The average molecular weight is 525 g/mol. The molecule has 5 heteroatoms. The highest BCUT2D eigenvalue weighted by molar-refractivity contribution is 5.69. The first-order chi connectivity index (χ1) is 18.1. The molecular weight excluding hydrogens is 464 g/mol. The first-order valence-corrected chi connectivity index (χ1v) is 15.7. The molecule has 0 saturated carbocycles. The molecule has 218 valence electrons. The van der Waals surface area contributed by atoms with Crippen LogP contribution in [0.3, 0.4) is 0 Å². The van der Waals surface area contributed by atoms with Crippen molar-refractivity contribution in [1.29, 1.82) is 0 Å². The van der Waals surface area contributed by atoms with Gasteiger partial charge >= 0.3 is 11.9 Å². The van der Waals surface area contributed by atoms with E-state index in [-0.39, 0.29) is 25.2 Å². The zero-order valence-corrected chi connectivity index (χ0v) is 24.5. The summed E-state index contributed by atoms with van der Waals surface area (Å²) in [4.78, 5) is 23.7. The van der Waals surface area contributed by atoms with Gasteiger partial charge in [-0.05, 0) is 32.1 Å². The van der Waals surface area contributed by atoms with Crippen molar-refractivity contribution in [3.63, 3.8) is 0 Å². The Bertz CT molecular complexity index is 531. The number of ether oxygens (including phenoxy) is 2. The number of esters is 2. The second-order valence-corrected chi connectivity index (χ2v) is 10.6. The fraction of sp³-hybridized carbons (Fsp3) is 0.875. The molecule has 0 saturated heterocycles. The lowest BCUT2D eigenvalue weighted by atomic mass is 10.0. The Labute approximate surface area is 229 Å². The number of carbonyl (C=O) groups excluding carboxylic acids is 2. The fourth-order valence-electron chi connectivity index (χ4n) is 4.32. The lowest BCUT2D eigenvalue weighted by molar-refractivity contribution is -0.152.